The summed E-state index contributed by atoms with van der Waals surface area (Å²) in [6.45, 7) is 39.5. The molecule has 0 spiro atoms. The molecule has 0 radical (unpaired) electrons. The van der Waals surface area contributed by atoms with Gasteiger partial charge in [-0.2, -0.15) is 0 Å². The maximum Gasteiger partial charge on any atom is 0.252 e. The van der Waals surface area contributed by atoms with Crippen molar-refractivity contribution in [2.45, 2.75) is 187 Å². The monoisotopic (exact) mass is 1060 g/mol. The van der Waals surface area contributed by atoms with Crippen molar-refractivity contribution in [1.29, 1.82) is 0 Å². The molecule has 8 aromatic rings. The minimum absolute atomic E-state index is 0.00119. The average molecular weight is 1060 g/mol. The van der Waals surface area contributed by atoms with Crippen LogP contribution >= 0.6 is 0 Å². The van der Waals surface area contributed by atoms with Crippen LogP contribution in [0.2, 0.25) is 0 Å². The first-order valence-corrected chi connectivity index (χ1v) is 30.7. The Hall–Kier alpha value is -6.78. The number of benzene rings is 8. The molecule has 14 rings (SSSR count). The van der Waals surface area contributed by atoms with Gasteiger partial charge in [0.1, 0.15) is 0 Å². The molecule has 81 heavy (non-hydrogen) atoms. The fourth-order valence-electron chi connectivity index (χ4n) is 16.5. The van der Waals surface area contributed by atoms with Crippen molar-refractivity contribution in [2.75, 3.05) is 14.7 Å². The second kappa shape index (κ2) is 17.2. The van der Waals surface area contributed by atoms with Crippen molar-refractivity contribution in [3.63, 3.8) is 0 Å². The van der Waals surface area contributed by atoms with Crippen molar-refractivity contribution in [2.24, 2.45) is 0 Å². The summed E-state index contributed by atoms with van der Waals surface area (Å²) in [5.74, 6) is 0. The summed E-state index contributed by atoms with van der Waals surface area (Å²) < 4.78 is 0. The van der Waals surface area contributed by atoms with Crippen molar-refractivity contribution >= 4 is 74.3 Å². The first kappa shape index (κ1) is 52.3. The summed E-state index contributed by atoms with van der Waals surface area (Å²) in [6.07, 6.45) is 6.95. The molecule has 0 aromatic heterocycles. The third kappa shape index (κ3) is 7.52. The van der Waals surface area contributed by atoms with E-state index in [1.807, 2.05) is 0 Å². The first-order valence-electron chi connectivity index (χ1n) is 30.7. The van der Waals surface area contributed by atoms with E-state index in [0.29, 0.717) is 0 Å². The molecule has 0 atom stereocenters. The molecule has 2 aliphatic heterocycles. The highest BCUT2D eigenvalue weighted by Crippen LogP contribution is 2.59. The molecular weight excluding hydrogens is 978 g/mol. The van der Waals surface area contributed by atoms with Gasteiger partial charge in [-0.15, -0.1) is 0 Å². The van der Waals surface area contributed by atoms with Crippen molar-refractivity contribution < 1.29 is 0 Å². The van der Waals surface area contributed by atoms with E-state index in [1.165, 1.54) is 135 Å². The van der Waals surface area contributed by atoms with E-state index < -0.39 is 0 Å². The van der Waals surface area contributed by atoms with E-state index in [1.54, 1.807) is 0 Å². The number of aryl methyl sites for hydroxylation is 2. The second-order valence-corrected chi connectivity index (χ2v) is 30.2. The highest BCUT2D eigenvalue weighted by molar-refractivity contribution is 7.00. The minimum atomic E-state index is -0.263. The van der Waals surface area contributed by atoms with Gasteiger partial charge in [0.15, 0.2) is 0 Å². The van der Waals surface area contributed by atoms with Gasteiger partial charge in [0.2, 0.25) is 0 Å². The van der Waals surface area contributed by atoms with Crippen LogP contribution in [0.5, 0.6) is 0 Å². The van der Waals surface area contributed by atoms with Gasteiger partial charge in [-0.05, 0) is 223 Å². The molecule has 0 saturated heterocycles. The molecule has 8 aromatic carbocycles. The molecular formula is C77H84BN3. The number of rotatable bonds is 5. The Morgan fingerprint density at radius 1 is 0.358 bits per heavy atom. The fraction of sp³-hybridized carbons (Fsp3) is 0.377. The number of para-hydroxylation sites is 2. The van der Waals surface area contributed by atoms with Gasteiger partial charge in [-0.3, -0.25) is 0 Å². The summed E-state index contributed by atoms with van der Waals surface area (Å²) in [6, 6.07) is 58.3. The molecule has 0 N–H and O–H groups in total. The Kier molecular flexibility index (Phi) is 11.1. The lowest BCUT2D eigenvalue weighted by Crippen LogP contribution is -2.62. The average Bonchev–Trinajstić information content (AvgIpc) is 2.41. The van der Waals surface area contributed by atoms with Crippen molar-refractivity contribution in [3.05, 3.63) is 201 Å². The summed E-state index contributed by atoms with van der Waals surface area (Å²) in [7, 11) is 0. The van der Waals surface area contributed by atoms with Crippen LogP contribution in [0.25, 0.3) is 11.1 Å². The highest BCUT2D eigenvalue weighted by Gasteiger charge is 2.51. The molecule has 3 nitrogen and oxygen atoms in total. The van der Waals surface area contributed by atoms with Crippen LogP contribution < -0.4 is 31.1 Å². The van der Waals surface area contributed by atoms with Gasteiger partial charge in [0.05, 0.1) is 11.4 Å². The number of anilines is 9. The van der Waals surface area contributed by atoms with E-state index >= 15 is 0 Å². The predicted molar refractivity (Wildman–Crippen MR) is 348 cm³/mol. The van der Waals surface area contributed by atoms with Crippen LogP contribution in [0.1, 0.15) is 191 Å². The van der Waals surface area contributed by atoms with Gasteiger partial charge in [-0.25, -0.2) is 0 Å². The molecule has 0 fully saturated rings. The smallest absolute Gasteiger partial charge is 0.252 e. The van der Waals surface area contributed by atoms with Crippen LogP contribution in [-0.2, 0) is 37.9 Å². The molecule has 2 heterocycles. The predicted octanol–water partition coefficient (Wildman–Crippen LogP) is 19.2. The Morgan fingerprint density at radius 2 is 0.790 bits per heavy atom. The van der Waals surface area contributed by atoms with E-state index in [-0.39, 0.29) is 44.6 Å². The third-order valence-electron chi connectivity index (χ3n) is 21.9. The molecule has 0 unspecified atom stereocenters. The number of hydrogen-bond donors (Lipinski definition) is 0. The Bertz CT molecular complexity index is 3940. The molecule has 4 aliphatic carbocycles. The van der Waals surface area contributed by atoms with Gasteiger partial charge < -0.3 is 14.7 Å². The Labute approximate surface area is 485 Å². The molecule has 0 saturated carbocycles. The minimum Gasteiger partial charge on any atom is -0.311 e. The van der Waals surface area contributed by atoms with Crippen LogP contribution in [-0.4, -0.2) is 6.71 Å². The molecule has 410 valence electrons. The molecule has 0 bridgehead atoms. The third-order valence-corrected chi connectivity index (χ3v) is 21.9. The molecule has 4 heteroatoms. The van der Waals surface area contributed by atoms with E-state index in [2.05, 4.69) is 271 Å². The van der Waals surface area contributed by atoms with Crippen LogP contribution in [0.15, 0.2) is 146 Å². The zero-order chi connectivity index (χ0) is 56.9. The lowest BCUT2D eigenvalue weighted by Gasteiger charge is -2.49. The van der Waals surface area contributed by atoms with Gasteiger partial charge in [0.25, 0.3) is 6.71 Å². The van der Waals surface area contributed by atoms with Gasteiger partial charge >= 0.3 is 0 Å². The summed E-state index contributed by atoms with van der Waals surface area (Å²) >= 11 is 0. The maximum absolute atomic E-state index is 2.79. The van der Waals surface area contributed by atoms with Crippen LogP contribution in [0.4, 0.5) is 51.2 Å². The van der Waals surface area contributed by atoms with Crippen LogP contribution in [0, 0.1) is 13.8 Å². The Balaban J connectivity index is 1.19. The summed E-state index contributed by atoms with van der Waals surface area (Å²) in [5.41, 5.74) is 32.2. The summed E-state index contributed by atoms with van der Waals surface area (Å²) in [4.78, 5) is 8.14. The molecule has 6 aliphatic rings. The largest absolute Gasteiger partial charge is 0.311 e. The van der Waals surface area contributed by atoms with Gasteiger partial charge in [0, 0.05) is 45.2 Å². The topological polar surface area (TPSA) is 9.72 Å². The van der Waals surface area contributed by atoms with Crippen LogP contribution in [0.3, 0.4) is 0 Å². The zero-order valence-electron chi connectivity index (χ0n) is 51.5. The number of fused-ring (bicyclic) bond motifs is 10. The quantitative estimate of drug-likeness (QED) is 0.159. The normalized spacial score (nSPS) is 19.9. The number of nitrogens with zero attached hydrogens (tertiary/aromatic N) is 3. The van der Waals surface area contributed by atoms with Crippen molar-refractivity contribution in [3.8, 4) is 11.1 Å². The van der Waals surface area contributed by atoms with E-state index in [4.69, 9.17) is 0 Å². The lowest BCUT2D eigenvalue weighted by molar-refractivity contribution is 0.332. The standard InChI is InChI=1S/C77H84BN3/c1-47-24-17-21-29-62(47)80(63-30-22-18-25-48(63)2)50-41-67-70-68(42-50)81(64-31-23-27-52-51-26-19-20-28-53(51)77(15,16)69(52)64)66-46-59-57(74(9,10)37-39-76(59,13)14)44-61(66)78(70)60-43-56-58(75(11,12)38-36-73(56,7)8)45-65(60)79(67)49-32-33-54-55(40-49)72(5,6)35-34-71(54,3)4/h17-33,40-46H,34-39H2,1-16H3. The van der Waals surface area contributed by atoms with Gasteiger partial charge in [-0.1, -0.05) is 188 Å². The van der Waals surface area contributed by atoms with E-state index in [9.17, 15) is 0 Å². The molecule has 0 amide bonds. The summed E-state index contributed by atoms with van der Waals surface area (Å²) in [5, 5.41) is 0. The highest BCUT2D eigenvalue weighted by atomic mass is 15.2. The Morgan fingerprint density at radius 3 is 1.32 bits per heavy atom. The zero-order valence-corrected chi connectivity index (χ0v) is 51.5. The number of hydrogen-bond acceptors (Lipinski definition) is 3. The first-order chi connectivity index (χ1) is 38.2. The maximum atomic E-state index is 2.79. The van der Waals surface area contributed by atoms with Crippen molar-refractivity contribution in [1.82, 2.24) is 0 Å². The fourth-order valence-corrected chi connectivity index (χ4v) is 16.5. The second-order valence-electron chi connectivity index (χ2n) is 30.2. The SMILES string of the molecule is Cc1ccccc1N(c1cc2c3c(c1)N(c1cccc4c1C(C)(C)c1ccccc1-4)c1cc4c(cc1B3c1cc3c(cc1N2c1ccc2c(c1)C(C)(C)CCC2(C)C)C(C)(C)CCC3(C)C)C(C)(C)CCC4(C)C)c1ccccc1C. The lowest BCUT2D eigenvalue weighted by atomic mass is 9.32. The van der Waals surface area contributed by atoms with E-state index in [0.717, 1.165) is 37.8 Å².